The van der Waals surface area contributed by atoms with Crippen molar-refractivity contribution in [3.63, 3.8) is 0 Å². The zero-order valence-electron chi connectivity index (χ0n) is 9.77. The molecule has 0 aromatic heterocycles. The van der Waals surface area contributed by atoms with Crippen molar-refractivity contribution in [1.82, 2.24) is 0 Å². The van der Waals surface area contributed by atoms with Crippen LogP contribution in [0.2, 0.25) is 0 Å². The van der Waals surface area contributed by atoms with Crippen LogP contribution in [0.15, 0.2) is 28.8 Å². The molecule has 3 rings (SSSR count). The first-order valence-corrected chi connectivity index (χ1v) is 5.84. The maximum Gasteiger partial charge on any atom is 0.146 e. The number of anilines is 1. The molecule has 2 aliphatic rings. The Hall–Kier alpha value is -2.08. The van der Waals surface area contributed by atoms with Crippen molar-refractivity contribution in [3.8, 4) is 6.07 Å². The average Bonchev–Trinajstić information content (AvgIpc) is 2.38. The van der Waals surface area contributed by atoms with E-state index in [0.717, 1.165) is 30.9 Å². The van der Waals surface area contributed by atoms with Gasteiger partial charge in [0.15, 0.2) is 0 Å². The van der Waals surface area contributed by atoms with Crippen LogP contribution in [-0.2, 0) is 0 Å². The van der Waals surface area contributed by atoms with Gasteiger partial charge >= 0.3 is 0 Å². The van der Waals surface area contributed by atoms with E-state index in [1.807, 2.05) is 6.08 Å². The van der Waals surface area contributed by atoms with Crippen LogP contribution in [0.1, 0.15) is 17.5 Å². The van der Waals surface area contributed by atoms with Crippen LogP contribution in [-0.4, -0.2) is 18.9 Å². The summed E-state index contributed by atoms with van der Waals surface area (Å²) in [5, 5.41) is 9.18. The highest BCUT2D eigenvalue weighted by Crippen LogP contribution is 2.32. The first-order valence-electron chi connectivity index (χ1n) is 5.84. The number of fused-ring (bicyclic) bond motifs is 3. The average molecular weight is 223 g/mol. The number of hydrogen-bond acceptors (Lipinski definition) is 3. The Morgan fingerprint density at radius 3 is 3.12 bits per heavy atom. The Morgan fingerprint density at radius 1 is 1.41 bits per heavy atom. The van der Waals surface area contributed by atoms with Crippen LogP contribution in [0.3, 0.4) is 0 Å². The summed E-state index contributed by atoms with van der Waals surface area (Å²) in [5.41, 5.74) is 4.22. The summed E-state index contributed by atoms with van der Waals surface area (Å²) >= 11 is 0. The highest BCUT2D eigenvalue weighted by molar-refractivity contribution is 6.18. The fraction of sp³-hybridized carbons (Fsp3) is 0.286. The summed E-state index contributed by atoms with van der Waals surface area (Å²) in [7, 11) is 0. The van der Waals surface area contributed by atoms with E-state index in [1.165, 1.54) is 11.3 Å². The minimum absolute atomic E-state index is 0.682. The van der Waals surface area contributed by atoms with Crippen LogP contribution >= 0.6 is 0 Å². The van der Waals surface area contributed by atoms with Gasteiger partial charge in [0.25, 0.3) is 0 Å². The lowest BCUT2D eigenvalue weighted by Crippen LogP contribution is -2.38. The van der Waals surface area contributed by atoms with Gasteiger partial charge in [-0.1, -0.05) is 12.1 Å². The van der Waals surface area contributed by atoms with Crippen LogP contribution in [0.5, 0.6) is 0 Å². The Balaban J connectivity index is 2.23. The quantitative estimate of drug-likeness (QED) is 0.678. The lowest BCUT2D eigenvalue weighted by molar-refractivity contribution is 0.789. The van der Waals surface area contributed by atoms with Gasteiger partial charge in [-0.3, -0.25) is 4.99 Å². The van der Waals surface area contributed by atoms with E-state index >= 15 is 0 Å². The predicted molar refractivity (Wildman–Crippen MR) is 69.0 cm³/mol. The van der Waals surface area contributed by atoms with Crippen LogP contribution in [0.4, 0.5) is 5.69 Å². The first kappa shape index (κ1) is 10.1. The molecule has 2 heterocycles. The van der Waals surface area contributed by atoms with Crippen molar-refractivity contribution in [1.29, 1.82) is 5.26 Å². The lowest BCUT2D eigenvalue weighted by Gasteiger charge is -2.33. The molecule has 17 heavy (non-hydrogen) atoms. The molecule has 0 unspecified atom stereocenters. The number of benzene rings is 1. The predicted octanol–water partition coefficient (Wildman–Crippen LogP) is 2.52. The minimum atomic E-state index is 0.682. The standard InChI is InChI=1S/C14H13N3/c1-10-3-4-11-8-12(9-15)14-16-5-2-6-17(14)13(11)7-10/h3-4,7-8H,2,5-6H2,1H3. The van der Waals surface area contributed by atoms with E-state index in [1.54, 1.807) is 0 Å². The third-order valence-electron chi connectivity index (χ3n) is 3.20. The smallest absolute Gasteiger partial charge is 0.146 e. The fourth-order valence-electron chi connectivity index (χ4n) is 2.38. The Morgan fingerprint density at radius 2 is 2.29 bits per heavy atom. The van der Waals surface area contributed by atoms with Crippen molar-refractivity contribution < 1.29 is 0 Å². The van der Waals surface area contributed by atoms with E-state index in [9.17, 15) is 5.26 Å². The molecule has 0 spiro atoms. The lowest BCUT2D eigenvalue weighted by atomic mass is 9.99. The van der Waals surface area contributed by atoms with Crippen molar-refractivity contribution in [2.45, 2.75) is 13.3 Å². The summed E-state index contributed by atoms with van der Waals surface area (Å²) in [5.74, 6) is 0.844. The van der Waals surface area contributed by atoms with Crippen molar-refractivity contribution in [2.24, 2.45) is 4.99 Å². The van der Waals surface area contributed by atoms with Gasteiger partial charge in [0, 0.05) is 18.8 Å². The zero-order valence-corrected chi connectivity index (χ0v) is 9.77. The zero-order chi connectivity index (χ0) is 11.8. The normalized spacial score (nSPS) is 17.5. The van der Waals surface area contributed by atoms with Crippen molar-refractivity contribution in [3.05, 3.63) is 34.9 Å². The number of amidine groups is 1. The maximum atomic E-state index is 9.18. The van der Waals surface area contributed by atoms with Crippen LogP contribution < -0.4 is 4.90 Å². The molecule has 0 saturated carbocycles. The molecule has 0 atom stereocenters. The topological polar surface area (TPSA) is 39.4 Å². The van der Waals surface area contributed by atoms with E-state index in [0.29, 0.717) is 5.57 Å². The van der Waals surface area contributed by atoms with Gasteiger partial charge in [-0.05, 0) is 36.6 Å². The molecule has 0 bridgehead atoms. The van der Waals surface area contributed by atoms with Crippen molar-refractivity contribution >= 4 is 17.6 Å². The summed E-state index contributed by atoms with van der Waals surface area (Å²) in [6, 6.07) is 8.57. The number of hydrogen-bond donors (Lipinski definition) is 0. The molecule has 0 aliphatic carbocycles. The Kier molecular flexibility index (Phi) is 2.22. The number of nitrogens with zero attached hydrogens (tertiary/aromatic N) is 3. The SMILES string of the molecule is Cc1ccc2c(c1)N1CCCN=C1C(C#N)=C2. The highest BCUT2D eigenvalue weighted by atomic mass is 15.2. The molecule has 2 aliphatic heterocycles. The van der Waals surface area contributed by atoms with Gasteiger partial charge in [0.05, 0.1) is 5.57 Å². The molecular weight excluding hydrogens is 210 g/mol. The van der Waals surface area contributed by atoms with Gasteiger partial charge in [-0.2, -0.15) is 5.26 Å². The molecule has 84 valence electrons. The molecule has 1 aromatic carbocycles. The second-order valence-corrected chi connectivity index (χ2v) is 4.44. The van der Waals surface area contributed by atoms with Crippen LogP contribution in [0.25, 0.3) is 6.08 Å². The molecular formula is C14H13N3. The van der Waals surface area contributed by atoms with Gasteiger partial charge in [0.2, 0.25) is 0 Å². The minimum Gasteiger partial charge on any atom is -0.325 e. The number of aliphatic imine (C=N–C) groups is 1. The summed E-state index contributed by atoms with van der Waals surface area (Å²) in [4.78, 5) is 6.66. The third kappa shape index (κ3) is 1.53. The molecule has 3 nitrogen and oxygen atoms in total. The number of aryl methyl sites for hydroxylation is 1. The van der Waals surface area contributed by atoms with Crippen LogP contribution in [0, 0.1) is 18.3 Å². The first-order chi connectivity index (χ1) is 8.29. The van der Waals surface area contributed by atoms with E-state index in [-0.39, 0.29) is 0 Å². The number of nitriles is 1. The molecule has 1 aromatic rings. The Labute approximate surface area is 101 Å². The summed E-state index contributed by atoms with van der Waals surface area (Å²) in [6.45, 7) is 3.87. The Bertz CT molecular complexity index is 576. The second-order valence-electron chi connectivity index (χ2n) is 4.44. The van der Waals surface area contributed by atoms with Gasteiger partial charge in [-0.15, -0.1) is 0 Å². The molecule has 0 N–H and O–H groups in total. The van der Waals surface area contributed by atoms with E-state index in [2.05, 4.69) is 41.1 Å². The molecule has 0 radical (unpaired) electrons. The molecule has 0 fully saturated rings. The summed E-state index contributed by atoms with van der Waals surface area (Å²) in [6.07, 6.45) is 2.99. The van der Waals surface area contributed by atoms with Gasteiger partial charge < -0.3 is 4.90 Å². The largest absolute Gasteiger partial charge is 0.325 e. The van der Waals surface area contributed by atoms with Crippen molar-refractivity contribution in [2.75, 3.05) is 18.0 Å². The van der Waals surface area contributed by atoms with E-state index in [4.69, 9.17) is 0 Å². The van der Waals surface area contributed by atoms with Gasteiger partial charge in [0.1, 0.15) is 11.9 Å². The molecule has 0 saturated heterocycles. The second kappa shape index (κ2) is 3.74. The number of rotatable bonds is 0. The molecule has 0 amide bonds. The molecule has 3 heteroatoms. The fourth-order valence-corrected chi connectivity index (χ4v) is 2.38. The monoisotopic (exact) mass is 223 g/mol. The maximum absolute atomic E-state index is 9.18. The highest BCUT2D eigenvalue weighted by Gasteiger charge is 2.26. The third-order valence-corrected chi connectivity index (χ3v) is 3.20. The van der Waals surface area contributed by atoms with Gasteiger partial charge in [-0.25, -0.2) is 0 Å². The van der Waals surface area contributed by atoms with E-state index < -0.39 is 0 Å². The summed E-state index contributed by atoms with van der Waals surface area (Å²) < 4.78 is 0.